The zero-order valence-corrected chi connectivity index (χ0v) is 7.51. The number of fused-ring (bicyclic) bond motifs is 3. The molecule has 0 aliphatic carbocycles. The Morgan fingerprint density at radius 1 is 0.857 bits per heavy atom. The molecule has 0 N–H and O–H groups in total. The van der Waals surface area contributed by atoms with Crippen molar-refractivity contribution in [3.63, 3.8) is 0 Å². The molecule has 3 rings (SSSR count). The molecule has 0 saturated carbocycles. The third kappa shape index (κ3) is 0.973. The second-order valence-corrected chi connectivity index (χ2v) is 3.24. The maximum absolute atomic E-state index is 4.37. The van der Waals surface area contributed by atoms with Gasteiger partial charge in [-0.05, 0) is 17.5 Å². The Bertz CT molecular complexity index is 547. The van der Waals surface area contributed by atoms with Crippen LogP contribution < -0.4 is 0 Å². The standard InChI is InChI=1S/C12H8N2/c1-2-4-12-11(3-1)10-5-6-13-7-9(10)8-14-12/h1-8H. The van der Waals surface area contributed by atoms with Gasteiger partial charge >= 0.3 is 0 Å². The van der Waals surface area contributed by atoms with E-state index in [2.05, 4.69) is 16.0 Å². The molecule has 0 saturated heterocycles. The molecule has 0 atom stereocenters. The largest absolute Gasteiger partial charge is 0.264 e. The Hall–Kier alpha value is -1.96. The lowest BCUT2D eigenvalue weighted by Crippen LogP contribution is -1.81. The van der Waals surface area contributed by atoms with Crippen molar-refractivity contribution in [2.45, 2.75) is 0 Å². The quantitative estimate of drug-likeness (QED) is 0.497. The van der Waals surface area contributed by atoms with Gasteiger partial charge in [0, 0.05) is 29.4 Å². The van der Waals surface area contributed by atoms with Gasteiger partial charge in [0.25, 0.3) is 0 Å². The minimum Gasteiger partial charge on any atom is -0.264 e. The molecule has 0 unspecified atom stereocenters. The van der Waals surface area contributed by atoms with E-state index >= 15 is 0 Å². The van der Waals surface area contributed by atoms with Gasteiger partial charge in [0.1, 0.15) is 0 Å². The van der Waals surface area contributed by atoms with Crippen molar-refractivity contribution >= 4 is 21.7 Å². The first-order valence-corrected chi connectivity index (χ1v) is 4.52. The summed E-state index contributed by atoms with van der Waals surface area (Å²) in [6, 6.07) is 10.2. The molecular weight excluding hydrogens is 172 g/mol. The summed E-state index contributed by atoms with van der Waals surface area (Å²) in [6.07, 6.45) is 5.52. The summed E-state index contributed by atoms with van der Waals surface area (Å²) >= 11 is 0. The highest BCUT2D eigenvalue weighted by molar-refractivity contribution is 6.04. The van der Waals surface area contributed by atoms with Crippen molar-refractivity contribution in [2.24, 2.45) is 0 Å². The van der Waals surface area contributed by atoms with E-state index < -0.39 is 0 Å². The molecule has 0 aliphatic rings. The maximum atomic E-state index is 4.37. The van der Waals surface area contributed by atoms with Crippen LogP contribution in [0.1, 0.15) is 0 Å². The van der Waals surface area contributed by atoms with E-state index in [-0.39, 0.29) is 0 Å². The maximum Gasteiger partial charge on any atom is 0.0708 e. The van der Waals surface area contributed by atoms with Crippen LogP contribution in [0.4, 0.5) is 0 Å². The van der Waals surface area contributed by atoms with Crippen molar-refractivity contribution in [2.75, 3.05) is 0 Å². The van der Waals surface area contributed by atoms with Gasteiger partial charge in [-0.1, -0.05) is 18.2 Å². The molecule has 2 heterocycles. The van der Waals surface area contributed by atoms with E-state index in [9.17, 15) is 0 Å². The number of para-hydroxylation sites is 1. The minimum atomic E-state index is 1.03. The highest BCUT2D eigenvalue weighted by Gasteiger charge is 1.99. The molecule has 2 aromatic heterocycles. The van der Waals surface area contributed by atoms with Crippen LogP contribution in [-0.4, -0.2) is 9.97 Å². The molecule has 0 spiro atoms. The lowest BCUT2D eigenvalue weighted by Gasteiger charge is -2.00. The second-order valence-electron chi connectivity index (χ2n) is 3.24. The topological polar surface area (TPSA) is 25.8 Å². The molecular formula is C12H8N2. The predicted molar refractivity (Wildman–Crippen MR) is 57.0 cm³/mol. The Morgan fingerprint density at radius 2 is 1.79 bits per heavy atom. The summed E-state index contributed by atoms with van der Waals surface area (Å²) in [5.41, 5.74) is 1.03. The molecule has 0 amide bonds. The van der Waals surface area contributed by atoms with Gasteiger partial charge in [-0.3, -0.25) is 9.97 Å². The summed E-state index contributed by atoms with van der Waals surface area (Å²) in [7, 11) is 0. The van der Waals surface area contributed by atoms with Crippen LogP contribution in [0.3, 0.4) is 0 Å². The Kier molecular flexibility index (Phi) is 1.47. The molecule has 0 radical (unpaired) electrons. The zero-order chi connectivity index (χ0) is 9.38. The predicted octanol–water partition coefficient (Wildman–Crippen LogP) is 2.78. The number of hydrogen-bond donors (Lipinski definition) is 0. The fourth-order valence-electron chi connectivity index (χ4n) is 1.71. The zero-order valence-electron chi connectivity index (χ0n) is 7.51. The lowest BCUT2D eigenvalue weighted by molar-refractivity contribution is 1.35. The van der Waals surface area contributed by atoms with Crippen molar-refractivity contribution in [3.05, 3.63) is 48.9 Å². The van der Waals surface area contributed by atoms with Crippen molar-refractivity contribution < 1.29 is 0 Å². The molecule has 3 aromatic rings. The molecule has 66 valence electrons. The fraction of sp³-hybridized carbons (Fsp3) is 0. The van der Waals surface area contributed by atoms with Crippen molar-refractivity contribution in [1.29, 1.82) is 0 Å². The van der Waals surface area contributed by atoms with Crippen LogP contribution in [0.5, 0.6) is 0 Å². The summed E-state index contributed by atoms with van der Waals surface area (Å²) in [6.45, 7) is 0. The first kappa shape index (κ1) is 7.44. The van der Waals surface area contributed by atoms with Crippen LogP contribution >= 0.6 is 0 Å². The number of nitrogens with zero attached hydrogens (tertiary/aromatic N) is 2. The smallest absolute Gasteiger partial charge is 0.0708 e. The van der Waals surface area contributed by atoms with Crippen molar-refractivity contribution in [1.82, 2.24) is 9.97 Å². The van der Waals surface area contributed by atoms with Crippen LogP contribution in [0.25, 0.3) is 21.7 Å². The summed E-state index contributed by atoms with van der Waals surface area (Å²) in [4.78, 5) is 8.45. The van der Waals surface area contributed by atoms with Crippen LogP contribution in [-0.2, 0) is 0 Å². The lowest BCUT2D eigenvalue weighted by atomic mass is 10.1. The van der Waals surface area contributed by atoms with Gasteiger partial charge in [0.2, 0.25) is 0 Å². The molecule has 2 nitrogen and oxygen atoms in total. The number of hydrogen-bond acceptors (Lipinski definition) is 2. The van der Waals surface area contributed by atoms with Crippen LogP contribution in [0, 0.1) is 0 Å². The molecule has 0 fully saturated rings. The van der Waals surface area contributed by atoms with Gasteiger partial charge in [-0.15, -0.1) is 0 Å². The molecule has 0 bridgehead atoms. The number of aromatic nitrogens is 2. The summed E-state index contributed by atoms with van der Waals surface area (Å²) in [5, 5.41) is 3.49. The normalized spacial score (nSPS) is 10.9. The molecule has 0 aliphatic heterocycles. The Labute approximate surface area is 81.2 Å². The minimum absolute atomic E-state index is 1.03. The third-order valence-corrected chi connectivity index (χ3v) is 2.39. The van der Waals surface area contributed by atoms with E-state index in [0.717, 1.165) is 10.9 Å². The van der Waals surface area contributed by atoms with E-state index in [0.29, 0.717) is 0 Å². The molecule has 2 heteroatoms. The summed E-state index contributed by atoms with van der Waals surface area (Å²) in [5.74, 6) is 0. The summed E-state index contributed by atoms with van der Waals surface area (Å²) < 4.78 is 0. The van der Waals surface area contributed by atoms with Gasteiger partial charge in [0.05, 0.1) is 5.52 Å². The van der Waals surface area contributed by atoms with Gasteiger partial charge < -0.3 is 0 Å². The van der Waals surface area contributed by atoms with E-state index in [1.54, 1.807) is 0 Å². The first-order valence-electron chi connectivity index (χ1n) is 4.52. The highest BCUT2D eigenvalue weighted by atomic mass is 14.7. The fourth-order valence-corrected chi connectivity index (χ4v) is 1.71. The van der Waals surface area contributed by atoms with E-state index in [1.165, 1.54) is 10.8 Å². The Balaban J connectivity index is 2.61. The second kappa shape index (κ2) is 2.77. The number of pyridine rings is 2. The SMILES string of the molecule is c1ccc2c(c1)ncc1cnccc12. The number of benzene rings is 1. The average Bonchev–Trinajstić information content (AvgIpc) is 2.29. The first-order chi connectivity index (χ1) is 6.95. The average molecular weight is 180 g/mol. The van der Waals surface area contributed by atoms with Gasteiger partial charge in [-0.25, -0.2) is 0 Å². The van der Waals surface area contributed by atoms with Crippen LogP contribution in [0.2, 0.25) is 0 Å². The molecule has 14 heavy (non-hydrogen) atoms. The Morgan fingerprint density at radius 3 is 2.79 bits per heavy atom. The third-order valence-electron chi connectivity index (χ3n) is 2.39. The van der Waals surface area contributed by atoms with Gasteiger partial charge in [-0.2, -0.15) is 0 Å². The van der Waals surface area contributed by atoms with Crippen molar-refractivity contribution in [3.8, 4) is 0 Å². The monoisotopic (exact) mass is 180 g/mol. The van der Waals surface area contributed by atoms with E-state index in [1.807, 2.05) is 42.9 Å². The highest BCUT2D eigenvalue weighted by Crippen LogP contribution is 2.21. The molecule has 1 aromatic carbocycles. The van der Waals surface area contributed by atoms with Gasteiger partial charge in [0.15, 0.2) is 0 Å². The van der Waals surface area contributed by atoms with E-state index in [4.69, 9.17) is 0 Å². The van der Waals surface area contributed by atoms with Crippen LogP contribution in [0.15, 0.2) is 48.9 Å². The number of rotatable bonds is 0.